The predicted molar refractivity (Wildman–Crippen MR) is 94.1 cm³/mol. The first-order chi connectivity index (χ1) is 9.92. The van der Waals surface area contributed by atoms with Crippen molar-refractivity contribution in [2.24, 2.45) is 16.0 Å². The average molecular weight is 304 g/mol. The van der Waals surface area contributed by atoms with E-state index in [-0.39, 0.29) is 12.0 Å². The van der Waals surface area contributed by atoms with Gasteiger partial charge in [0.05, 0.1) is 0 Å². The molecule has 0 aliphatic carbocycles. The molecule has 1 aliphatic heterocycles. The molecule has 1 heterocycles. The van der Waals surface area contributed by atoms with Gasteiger partial charge >= 0.3 is 0 Å². The van der Waals surface area contributed by atoms with Crippen LogP contribution in [0.4, 0.5) is 0 Å². The SMILES string of the molecule is C=C/C(=N\C(=C)NCCCC1CB(C#N)C(C)(C)C1)SN. The van der Waals surface area contributed by atoms with E-state index >= 15 is 0 Å². The zero-order chi connectivity index (χ0) is 15.9. The summed E-state index contributed by atoms with van der Waals surface area (Å²) >= 11 is 1.06. The van der Waals surface area contributed by atoms with Gasteiger partial charge in [0.1, 0.15) is 10.9 Å². The number of nitrogens with one attached hydrogen (secondary N) is 1. The van der Waals surface area contributed by atoms with E-state index in [0.717, 1.165) is 44.1 Å². The van der Waals surface area contributed by atoms with Crippen LogP contribution in [0.2, 0.25) is 11.6 Å². The van der Waals surface area contributed by atoms with Crippen molar-refractivity contribution in [2.75, 3.05) is 6.54 Å². The van der Waals surface area contributed by atoms with Gasteiger partial charge in [-0.15, -0.1) is 0 Å². The molecule has 0 aromatic rings. The Morgan fingerprint density at radius 1 is 1.67 bits per heavy atom. The Balaban J connectivity index is 2.27. The summed E-state index contributed by atoms with van der Waals surface area (Å²) in [6.45, 7) is 12.9. The molecule has 1 fully saturated rings. The van der Waals surface area contributed by atoms with Crippen LogP contribution in [0.15, 0.2) is 30.0 Å². The lowest BCUT2D eigenvalue weighted by Crippen LogP contribution is -2.19. The summed E-state index contributed by atoms with van der Waals surface area (Å²) in [5.41, 5.74) is 0. The number of hydrogen-bond acceptors (Lipinski definition) is 5. The van der Waals surface area contributed by atoms with Gasteiger partial charge in [-0.25, -0.2) is 10.3 Å². The number of nitrogens with two attached hydrogens (primary N) is 1. The van der Waals surface area contributed by atoms with Crippen molar-refractivity contribution in [3.05, 3.63) is 25.1 Å². The zero-order valence-corrected chi connectivity index (χ0v) is 13.9. The van der Waals surface area contributed by atoms with E-state index in [1.54, 1.807) is 6.08 Å². The van der Waals surface area contributed by atoms with Crippen LogP contribution in [-0.4, -0.2) is 18.3 Å². The van der Waals surface area contributed by atoms with Gasteiger partial charge in [-0.05, 0) is 42.1 Å². The summed E-state index contributed by atoms with van der Waals surface area (Å²) in [6.07, 6.45) is 6.00. The van der Waals surface area contributed by atoms with Crippen LogP contribution in [0.3, 0.4) is 0 Å². The molecule has 114 valence electrons. The Bertz CT molecular complexity index is 453. The monoisotopic (exact) mass is 304 g/mol. The molecule has 1 saturated heterocycles. The molecular weight excluding hydrogens is 279 g/mol. The first-order valence-electron chi connectivity index (χ1n) is 7.33. The van der Waals surface area contributed by atoms with Gasteiger partial charge in [0.2, 0.25) is 0 Å². The van der Waals surface area contributed by atoms with Gasteiger partial charge in [-0.2, -0.15) is 0 Å². The van der Waals surface area contributed by atoms with E-state index in [4.69, 9.17) is 5.14 Å². The Hall–Kier alpha value is -1.19. The van der Waals surface area contributed by atoms with Gasteiger partial charge < -0.3 is 5.32 Å². The van der Waals surface area contributed by atoms with Crippen LogP contribution >= 0.6 is 11.9 Å². The molecular formula is C15H25BN4S. The van der Waals surface area contributed by atoms with E-state index < -0.39 is 0 Å². The molecule has 3 N–H and O–H groups in total. The minimum Gasteiger partial charge on any atom is -0.371 e. The third kappa shape index (κ3) is 5.60. The van der Waals surface area contributed by atoms with E-state index in [1.165, 1.54) is 0 Å². The molecule has 0 saturated carbocycles. The van der Waals surface area contributed by atoms with E-state index in [9.17, 15) is 5.26 Å². The number of aliphatic imine (C=N–C) groups is 1. The van der Waals surface area contributed by atoms with E-state index in [2.05, 4.69) is 43.3 Å². The third-order valence-electron chi connectivity index (χ3n) is 4.14. The van der Waals surface area contributed by atoms with Crippen LogP contribution in [0.25, 0.3) is 0 Å². The van der Waals surface area contributed by atoms with Gasteiger partial charge in [0, 0.05) is 12.5 Å². The molecule has 1 unspecified atom stereocenters. The lowest BCUT2D eigenvalue weighted by Gasteiger charge is -2.19. The van der Waals surface area contributed by atoms with E-state index in [0.29, 0.717) is 16.8 Å². The average Bonchev–Trinajstić information content (AvgIpc) is 2.75. The Morgan fingerprint density at radius 2 is 2.38 bits per heavy atom. The summed E-state index contributed by atoms with van der Waals surface area (Å²) in [4.78, 5) is 4.22. The maximum absolute atomic E-state index is 9.19. The molecule has 0 spiro atoms. The van der Waals surface area contributed by atoms with Crippen molar-refractivity contribution in [3.8, 4) is 5.97 Å². The molecule has 6 heteroatoms. The minimum atomic E-state index is 0.165. The number of nitrogens with zero attached hydrogens (tertiary/aromatic N) is 2. The van der Waals surface area contributed by atoms with Gasteiger partial charge in [-0.3, -0.25) is 5.14 Å². The number of hydrogen-bond donors (Lipinski definition) is 2. The minimum absolute atomic E-state index is 0.165. The van der Waals surface area contributed by atoms with Gasteiger partial charge in [-0.1, -0.05) is 39.7 Å². The first-order valence-corrected chi connectivity index (χ1v) is 8.21. The lowest BCUT2D eigenvalue weighted by atomic mass is 9.37. The van der Waals surface area contributed by atoms with E-state index in [1.807, 2.05) is 0 Å². The van der Waals surface area contributed by atoms with Crippen molar-refractivity contribution in [3.63, 3.8) is 0 Å². The number of nitriles is 1. The fraction of sp³-hybridized carbons (Fsp3) is 0.600. The highest BCUT2D eigenvalue weighted by Gasteiger charge is 2.43. The molecule has 0 aromatic heterocycles. The molecule has 1 atom stereocenters. The number of rotatable bonds is 7. The van der Waals surface area contributed by atoms with Gasteiger partial charge in [0.25, 0.3) is 6.71 Å². The molecule has 1 rings (SSSR count). The third-order valence-corrected chi connectivity index (χ3v) is 4.64. The summed E-state index contributed by atoms with van der Waals surface area (Å²) in [6, 6.07) is 0. The summed E-state index contributed by atoms with van der Waals surface area (Å²) in [5.74, 6) is 3.73. The van der Waals surface area contributed by atoms with Crippen LogP contribution < -0.4 is 10.5 Å². The van der Waals surface area contributed by atoms with Crippen LogP contribution in [0.1, 0.15) is 33.1 Å². The smallest absolute Gasteiger partial charge is 0.273 e. The second kappa shape index (κ2) is 8.30. The highest BCUT2D eigenvalue weighted by Crippen LogP contribution is 2.47. The molecule has 0 radical (unpaired) electrons. The van der Waals surface area contributed by atoms with Crippen molar-refractivity contribution >= 4 is 23.7 Å². The van der Waals surface area contributed by atoms with Gasteiger partial charge in [0.15, 0.2) is 0 Å². The normalized spacial score (nSPS) is 21.0. The summed E-state index contributed by atoms with van der Waals surface area (Å²) in [7, 11) is 0. The highest BCUT2D eigenvalue weighted by molar-refractivity contribution is 8.12. The van der Waals surface area contributed by atoms with Crippen LogP contribution in [-0.2, 0) is 0 Å². The summed E-state index contributed by atoms with van der Waals surface area (Å²) < 4.78 is 0. The standard InChI is InChI=1S/C15H25BN4S/c1-5-14(21-18)20-12(2)19-8-6-7-13-9-15(3,4)16(10-13)11-17/h5,13,19H,1-2,6-10,18H2,3-4H3/b20-14+. The molecule has 1 aliphatic rings. The van der Waals surface area contributed by atoms with Crippen LogP contribution in [0.5, 0.6) is 0 Å². The molecule has 0 amide bonds. The lowest BCUT2D eigenvalue weighted by molar-refractivity contribution is 0.448. The molecule has 0 aromatic carbocycles. The molecule has 0 bridgehead atoms. The van der Waals surface area contributed by atoms with Crippen LogP contribution in [0, 0.1) is 17.1 Å². The summed E-state index contributed by atoms with van der Waals surface area (Å²) in [5, 5.41) is 18.6. The topological polar surface area (TPSA) is 74.2 Å². The molecule has 21 heavy (non-hydrogen) atoms. The largest absolute Gasteiger partial charge is 0.371 e. The zero-order valence-electron chi connectivity index (χ0n) is 13.1. The maximum Gasteiger partial charge on any atom is 0.273 e. The highest BCUT2D eigenvalue weighted by atomic mass is 32.2. The fourth-order valence-corrected chi connectivity index (χ4v) is 3.24. The fourth-order valence-electron chi connectivity index (χ4n) is 2.99. The molecule has 4 nitrogen and oxygen atoms in total. The predicted octanol–water partition coefficient (Wildman–Crippen LogP) is 3.38. The Kier molecular flexibility index (Phi) is 7.06. The first kappa shape index (κ1) is 17.9. The second-order valence-electron chi connectivity index (χ2n) is 6.26. The Labute approximate surface area is 133 Å². The van der Waals surface area contributed by atoms with Crippen molar-refractivity contribution in [1.82, 2.24) is 5.32 Å². The van der Waals surface area contributed by atoms with Crippen molar-refractivity contribution in [2.45, 2.75) is 44.7 Å². The van der Waals surface area contributed by atoms with Crippen molar-refractivity contribution < 1.29 is 0 Å². The maximum atomic E-state index is 9.19. The quantitative estimate of drug-likeness (QED) is 0.249. The second-order valence-corrected chi connectivity index (χ2v) is 6.92. The van der Waals surface area contributed by atoms with Crippen molar-refractivity contribution in [1.29, 1.82) is 5.26 Å². The Morgan fingerprint density at radius 3 is 2.90 bits per heavy atom.